The molecule has 0 aromatic carbocycles. The average Bonchev–Trinajstić information content (AvgIpc) is 3.24. The number of ether oxygens (including phenoxy) is 4. The third kappa shape index (κ3) is 41.9. The molecule has 0 aliphatic carbocycles. The summed E-state index contributed by atoms with van der Waals surface area (Å²) in [5, 5.41) is 39.8. The maximum absolute atomic E-state index is 12.3. The Kier molecular flexibility index (Phi) is 40.8. The lowest BCUT2D eigenvalue weighted by Gasteiger charge is -2.14. The number of aliphatic carboxylic acids is 3. The highest BCUT2D eigenvalue weighted by Crippen LogP contribution is 2.14. The normalized spacial score (nSPS) is 12.0. The van der Waals surface area contributed by atoms with E-state index in [1.807, 2.05) is 0 Å². The van der Waals surface area contributed by atoms with Crippen LogP contribution >= 0.6 is 0 Å². The molecule has 2 atom stereocenters. The van der Waals surface area contributed by atoms with Crippen molar-refractivity contribution in [3.63, 3.8) is 0 Å². The smallest absolute Gasteiger partial charge is 0.326 e. The molecule has 0 bridgehead atoms. The van der Waals surface area contributed by atoms with Crippen LogP contribution in [0.5, 0.6) is 0 Å². The molecule has 0 aliphatic rings. The van der Waals surface area contributed by atoms with Crippen LogP contribution < -0.4 is 26.5 Å². The first kappa shape index (κ1) is 59.2. The number of carboxylic acid groups (broad SMARTS) is 3. The van der Waals surface area contributed by atoms with Crippen LogP contribution in [0.15, 0.2) is 0 Å². The number of rotatable bonds is 47. The van der Waals surface area contributed by atoms with Gasteiger partial charge in [0.05, 0.1) is 45.7 Å². The molecule has 2 radical (unpaired) electrons. The van der Waals surface area contributed by atoms with E-state index in [2.05, 4.69) is 26.5 Å². The molecule has 0 unspecified atom stereocenters. The minimum Gasteiger partial charge on any atom is -0.481 e. The fourth-order valence-corrected chi connectivity index (χ4v) is 6.30. The second-order valence-electron chi connectivity index (χ2n) is 15.5. The summed E-state index contributed by atoms with van der Waals surface area (Å²) in [6.45, 7) is 1.75. The highest BCUT2D eigenvalue weighted by molar-refractivity contribution is 6.06. The zero-order chi connectivity index (χ0) is 46.6. The Morgan fingerprint density at radius 2 is 0.810 bits per heavy atom. The third-order valence-corrected chi connectivity index (χ3v) is 9.93. The summed E-state index contributed by atoms with van der Waals surface area (Å²) in [6, 6.07) is -1.96. The SMILES string of the molecule is [B]N[C@@H](CCCCNC(=O)COCCOCCNC(=O)COCCOCCNC(=O)CC[C@H](NC(=O)CCCCCCCCCCCCCCCCCCC(=O)O)C(=O)O)C(=O)O. The zero-order valence-electron chi connectivity index (χ0n) is 37.6. The van der Waals surface area contributed by atoms with E-state index in [0.29, 0.717) is 32.2 Å². The highest BCUT2D eigenvalue weighted by atomic mass is 16.5. The molecule has 0 aromatic rings. The molecule has 8 N–H and O–H groups in total. The van der Waals surface area contributed by atoms with Gasteiger partial charge in [-0.15, -0.1) is 0 Å². The van der Waals surface area contributed by atoms with Gasteiger partial charge in [-0.1, -0.05) is 89.9 Å². The van der Waals surface area contributed by atoms with E-state index in [1.54, 1.807) is 0 Å². The van der Waals surface area contributed by atoms with Crippen LogP contribution in [0.1, 0.15) is 148 Å². The minimum atomic E-state index is -1.19. The van der Waals surface area contributed by atoms with E-state index in [1.165, 1.54) is 57.8 Å². The summed E-state index contributed by atoms with van der Waals surface area (Å²) in [5.41, 5.74) is 0. The fourth-order valence-electron chi connectivity index (χ4n) is 6.30. The molecule has 0 saturated carbocycles. The van der Waals surface area contributed by atoms with Gasteiger partial charge in [0.1, 0.15) is 19.3 Å². The van der Waals surface area contributed by atoms with E-state index >= 15 is 0 Å². The molecule has 0 spiro atoms. The largest absolute Gasteiger partial charge is 0.481 e. The topological polar surface area (TPSA) is 277 Å². The van der Waals surface area contributed by atoms with Crippen LogP contribution in [-0.4, -0.2) is 149 Å². The van der Waals surface area contributed by atoms with Crippen molar-refractivity contribution in [2.24, 2.45) is 0 Å². The summed E-state index contributed by atoms with van der Waals surface area (Å²) in [5.74, 6) is -4.23. The number of carbonyl (C=O) groups is 7. The molecule has 20 heteroatoms. The van der Waals surface area contributed by atoms with Gasteiger partial charge in [-0.05, 0) is 38.5 Å². The van der Waals surface area contributed by atoms with Crippen molar-refractivity contribution in [1.29, 1.82) is 0 Å². The van der Waals surface area contributed by atoms with Gasteiger partial charge in [0.25, 0.3) is 0 Å². The Hall–Kier alpha value is -3.85. The summed E-state index contributed by atoms with van der Waals surface area (Å²) >= 11 is 0. The predicted octanol–water partition coefficient (Wildman–Crippen LogP) is 3.15. The Balaban J connectivity index is 3.64. The van der Waals surface area contributed by atoms with Gasteiger partial charge in [-0.2, -0.15) is 0 Å². The lowest BCUT2D eigenvalue weighted by atomic mass is 10.0. The second-order valence-corrected chi connectivity index (χ2v) is 15.5. The van der Waals surface area contributed by atoms with Crippen molar-refractivity contribution in [2.75, 3.05) is 72.5 Å². The monoisotopic (exact) mass is 900 g/mol. The Labute approximate surface area is 375 Å². The first-order chi connectivity index (χ1) is 30.5. The Morgan fingerprint density at radius 1 is 0.397 bits per heavy atom. The lowest BCUT2D eigenvalue weighted by molar-refractivity contribution is -0.142. The van der Waals surface area contributed by atoms with Crippen molar-refractivity contribution in [3.8, 4) is 0 Å². The standard InChI is InChI=1S/C43H78BN5O14/c44-49-36(43(58)59)19-17-18-24-45-39(52)33-62-31-30-61-28-26-47-40(53)34-63-32-29-60-27-25-46-37(50)23-22-35(42(56)57)48-38(51)20-15-13-11-9-7-5-3-1-2-4-6-8-10-12-14-16-21-41(54)55/h35-36,49H,1-34H2,(H,45,52)(H,46,50)(H,47,53)(H,48,51)(H,54,55)(H,56,57)(H,58,59)/t35-,36-/m0/s1. The number of hydrogen-bond acceptors (Lipinski definition) is 12. The van der Waals surface area contributed by atoms with E-state index < -0.39 is 30.0 Å². The number of unbranched alkanes of at least 4 members (excludes halogenated alkanes) is 16. The molecule has 63 heavy (non-hydrogen) atoms. The van der Waals surface area contributed by atoms with Crippen molar-refractivity contribution >= 4 is 49.5 Å². The molecule has 0 aliphatic heterocycles. The van der Waals surface area contributed by atoms with Gasteiger partial charge < -0.3 is 60.8 Å². The fraction of sp³-hybridized carbons (Fsp3) is 0.837. The molecule has 362 valence electrons. The second kappa shape index (κ2) is 43.4. The molecule has 0 heterocycles. The summed E-state index contributed by atoms with van der Waals surface area (Å²) in [6.07, 6.45) is 19.8. The molecule has 0 aromatic heterocycles. The van der Waals surface area contributed by atoms with Crippen molar-refractivity contribution < 1.29 is 67.8 Å². The Morgan fingerprint density at radius 3 is 1.25 bits per heavy atom. The van der Waals surface area contributed by atoms with Gasteiger partial charge in [0.2, 0.25) is 23.6 Å². The summed E-state index contributed by atoms with van der Waals surface area (Å²) in [4.78, 5) is 81.3. The summed E-state index contributed by atoms with van der Waals surface area (Å²) in [7, 11) is 5.17. The maximum Gasteiger partial charge on any atom is 0.326 e. The molecule has 0 rings (SSSR count). The molecule has 0 fully saturated rings. The number of hydrogen-bond donors (Lipinski definition) is 8. The average molecular weight is 900 g/mol. The number of nitrogens with one attached hydrogen (secondary N) is 5. The van der Waals surface area contributed by atoms with Crippen molar-refractivity contribution in [3.05, 3.63) is 0 Å². The van der Waals surface area contributed by atoms with Gasteiger partial charge in [0, 0.05) is 38.9 Å². The molecule has 0 saturated heterocycles. The van der Waals surface area contributed by atoms with Gasteiger partial charge in [0.15, 0.2) is 7.98 Å². The predicted molar refractivity (Wildman–Crippen MR) is 236 cm³/mol. The lowest BCUT2D eigenvalue weighted by Crippen LogP contribution is -2.41. The third-order valence-electron chi connectivity index (χ3n) is 9.93. The van der Waals surface area contributed by atoms with Crippen LogP contribution in [0.25, 0.3) is 0 Å². The molecule has 19 nitrogen and oxygen atoms in total. The first-order valence-electron chi connectivity index (χ1n) is 23.0. The Bertz CT molecular complexity index is 1230. The number of carbonyl (C=O) groups excluding carboxylic acids is 4. The molecular weight excluding hydrogens is 821 g/mol. The first-order valence-corrected chi connectivity index (χ1v) is 23.0. The van der Waals surface area contributed by atoms with Gasteiger partial charge in [-0.25, -0.2) is 4.79 Å². The van der Waals surface area contributed by atoms with E-state index in [-0.39, 0.29) is 115 Å². The molecular formula is C43H78BN5O14. The van der Waals surface area contributed by atoms with Crippen LogP contribution in [0, 0.1) is 0 Å². The zero-order valence-corrected chi connectivity index (χ0v) is 37.6. The van der Waals surface area contributed by atoms with Gasteiger partial charge >= 0.3 is 17.9 Å². The highest BCUT2D eigenvalue weighted by Gasteiger charge is 2.21. The van der Waals surface area contributed by atoms with Crippen LogP contribution in [-0.2, 0) is 52.5 Å². The molecule has 4 amide bonds. The van der Waals surface area contributed by atoms with Gasteiger partial charge in [-0.3, -0.25) is 28.8 Å². The van der Waals surface area contributed by atoms with E-state index in [4.69, 9.17) is 37.1 Å². The summed E-state index contributed by atoms with van der Waals surface area (Å²) < 4.78 is 21.3. The van der Waals surface area contributed by atoms with Crippen LogP contribution in [0.4, 0.5) is 0 Å². The van der Waals surface area contributed by atoms with Crippen LogP contribution in [0.3, 0.4) is 0 Å². The van der Waals surface area contributed by atoms with E-state index in [0.717, 1.165) is 38.5 Å². The quantitative estimate of drug-likeness (QED) is 0.0322. The van der Waals surface area contributed by atoms with Crippen LogP contribution in [0.2, 0.25) is 0 Å². The number of carboxylic acids is 3. The minimum absolute atomic E-state index is 0.0295. The van der Waals surface area contributed by atoms with E-state index in [9.17, 15) is 38.7 Å². The van der Waals surface area contributed by atoms with Crippen molar-refractivity contribution in [1.82, 2.24) is 26.5 Å². The van der Waals surface area contributed by atoms with Crippen molar-refractivity contribution in [2.45, 2.75) is 160 Å². The maximum atomic E-state index is 12.3. The number of amides is 4.